The van der Waals surface area contributed by atoms with Gasteiger partial charge in [0.15, 0.2) is 11.0 Å². The third kappa shape index (κ3) is 4.33. The molecule has 0 aliphatic heterocycles. The molecule has 6 nitrogen and oxygen atoms in total. The minimum absolute atomic E-state index is 0.125. The molecule has 0 aliphatic rings. The Kier molecular flexibility index (Phi) is 4.81. The van der Waals surface area contributed by atoms with Crippen LogP contribution in [0, 0.1) is 0 Å². The van der Waals surface area contributed by atoms with Crippen LogP contribution in [0.3, 0.4) is 0 Å². The summed E-state index contributed by atoms with van der Waals surface area (Å²) in [5, 5.41) is 2.67. The summed E-state index contributed by atoms with van der Waals surface area (Å²) in [5.74, 6) is -0.821. The number of carbonyl (C=O) groups excluding carboxylic acids is 2. The maximum atomic E-state index is 11.3. The molecule has 1 aromatic rings. The largest absolute Gasteiger partial charge is 0.440 e. The number of nitrogens with one attached hydrogen (secondary N) is 1. The lowest BCUT2D eigenvalue weighted by Gasteiger charge is -2.03. The van der Waals surface area contributed by atoms with Crippen LogP contribution in [0.25, 0.3) is 0 Å². The van der Waals surface area contributed by atoms with E-state index in [0.717, 1.165) is 0 Å². The highest BCUT2D eigenvalue weighted by molar-refractivity contribution is 6.29. The van der Waals surface area contributed by atoms with Gasteiger partial charge < -0.3 is 20.2 Å². The van der Waals surface area contributed by atoms with Crippen LogP contribution < -0.4 is 11.1 Å². The molecule has 0 fully saturated rings. The molecular formula is C9H11ClN2O4. The molecule has 0 aromatic carbocycles. The maximum absolute atomic E-state index is 11.3. The van der Waals surface area contributed by atoms with Gasteiger partial charge in [-0.1, -0.05) is 0 Å². The van der Waals surface area contributed by atoms with E-state index in [1.165, 1.54) is 12.1 Å². The van der Waals surface area contributed by atoms with E-state index in [0.29, 0.717) is 0 Å². The van der Waals surface area contributed by atoms with Gasteiger partial charge in [-0.25, -0.2) is 0 Å². The Morgan fingerprint density at radius 3 is 2.81 bits per heavy atom. The molecule has 1 rings (SSSR count). The van der Waals surface area contributed by atoms with Crippen molar-refractivity contribution in [3.8, 4) is 0 Å². The summed E-state index contributed by atoms with van der Waals surface area (Å²) >= 11 is 5.50. The fourth-order valence-electron chi connectivity index (χ4n) is 0.933. The first kappa shape index (κ1) is 12.5. The van der Waals surface area contributed by atoms with E-state index in [2.05, 4.69) is 5.32 Å². The minimum atomic E-state index is -0.552. The van der Waals surface area contributed by atoms with Gasteiger partial charge >= 0.3 is 0 Å². The monoisotopic (exact) mass is 246 g/mol. The molecule has 1 aromatic heterocycles. The van der Waals surface area contributed by atoms with Crippen LogP contribution in [0.1, 0.15) is 10.6 Å². The van der Waals surface area contributed by atoms with E-state index in [1.54, 1.807) is 0 Å². The second-order valence-electron chi connectivity index (χ2n) is 2.88. The van der Waals surface area contributed by atoms with E-state index in [4.69, 9.17) is 26.5 Å². The fraction of sp³-hybridized carbons (Fsp3) is 0.333. The zero-order chi connectivity index (χ0) is 12.0. The first-order valence-corrected chi connectivity index (χ1v) is 4.87. The van der Waals surface area contributed by atoms with Gasteiger partial charge in [0.05, 0.1) is 6.61 Å². The third-order valence-electron chi connectivity index (χ3n) is 1.57. The van der Waals surface area contributed by atoms with Crippen molar-refractivity contribution >= 4 is 23.4 Å². The summed E-state index contributed by atoms with van der Waals surface area (Å²) in [7, 11) is 0. The molecule has 16 heavy (non-hydrogen) atoms. The number of halogens is 1. The fourth-order valence-corrected chi connectivity index (χ4v) is 1.08. The van der Waals surface area contributed by atoms with E-state index in [9.17, 15) is 9.59 Å². The first-order chi connectivity index (χ1) is 7.59. The van der Waals surface area contributed by atoms with E-state index >= 15 is 0 Å². The summed E-state index contributed by atoms with van der Waals surface area (Å²) in [6.45, 7) is 0.288. The Morgan fingerprint density at radius 1 is 1.50 bits per heavy atom. The van der Waals surface area contributed by atoms with Crippen LogP contribution in [0.5, 0.6) is 0 Å². The van der Waals surface area contributed by atoms with Crippen LogP contribution in [0.4, 0.5) is 0 Å². The number of amides is 2. The SMILES string of the molecule is NC(=O)COCCNC(=O)c1ccc(Cl)o1. The maximum Gasteiger partial charge on any atom is 0.287 e. The van der Waals surface area contributed by atoms with Crippen molar-refractivity contribution in [3.05, 3.63) is 23.1 Å². The number of hydrogen-bond donors (Lipinski definition) is 2. The van der Waals surface area contributed by atoms with Crippen LogP contribution in [-0.4, -0.2) is 31.6 Å². The lowest BCUT2D eigenvalue weighted by Crippen LogP contribution is -2.28. The van der Waals surface area contributed by atoms with Crippen molar-refractivity contribution in [1.29, 1.82) is 0 Å². The van der Waals surface area contributed by atoms with Crippen LogP contribution in [-0.2, 0) is 9.53 Å². The molecule has 2 amide bonds. The second-order valence-corrected chi connectivity index (χ2v) is 3.25. The van der Waals surface area contributed by atoms with Crippen LogP contribution >= 0.6 is 11.6 Å². The molecule has 0 saturated carbocycles. The number of primary amides is 1. The molecule has 88 valence electrons. The average molecular weight is 247 g/mol. The van der Waals surface area contributed by atoms with Gasteiger partial charge in [0.1, 0.15) is 6.61 Å². The average Bonchev–Trinajstić information content (AvgIpc) is 2.63. The Morgan fingerprint density at radius 2 is 2.25 bits per heavy atom. The smallest absolute Gasteiger partial charge is 0.287 e. The van der Waals surface area contributed by atoms with Gasteiger partial charge in [0.25, 0.3) is 5.91 Å². The number of nitrogens with two attached hydrogens (primary N) is 1. The molecule has 0 radical (unpaired) electrons. The molecule has 1 heterocycles. The summed E-state index contributed by atoms with van der Waals surface area (Å²) in [6, 6.07) is 2.93. The van der Waals surface area contributed by atoms with E-state index < -0.39 is 11.8 Å². The van der Waals surface area contributed by atoms with Crippen molar-refractivity contribution in [2.24, 2.45) is 5.73 Å². The lowest BCUT2D eigenvalue weighted by molar-refractivity contribution is -0.122. The molecule has 0 unspecified atom stereocenters. The van der Waals surface area contributed by atoms with Crippen LogP contribution in [0.15, 0.2) is 16.5 Å². The van der Waals surface area contributed by atoms with Crippen LogP contribution in [0.2, 0.25) is 5.22 Å². The topological polar surface area (TPSA) is 94.6 Å². The number of rotatable bonds is 6. The Hall–Kier alpha value is -1.53. The first-order valence-electron chi connectivity index (χ1n) is 4.49. The summed E-state index contributed by atoms with van der Waals surface area (Å²) < 4.78 is 9.72. The zero-order valence-corrected chi connectivity index (χ0v) is 9.12. The Labute approximate surface area is 96.7 Å². The van der Waals surface area contributed by atoms with Crippen molar-refractivity contribution in [3.63, 3.8) is 0 Å². The molecule has 7 heteroatoms. The summed E-state index contributed by atoms with van der Waals surface area (Å²) in [5.41, 5.74) is 4.85. The van der Waals surface area contributed by atoms with Gasteiger partial charge in [-0.2, -0.15) is 0 Å². The highest BCUT2D eigenvalue weighted by Crippen LogP contribution is 2.12. The van der Waals surface area contributed by atoms with Crippen molar-refractivity contribution in [2.45, 2.75) is 0 Å². The standard InChI is InChI=1S/C9H11ClN2O4/c10-7-2-1-6(16-7)9(14)12-3-4-15-5-8(11)13/h1-2H,3-5H2,(H2,11,13)(H,12,14). The highest BCUT2D eigenvalue weighted by atomic mass is 35.5. The normalized spacial score (nSPS) is 10.1. The van der Waals surface area contributed by atoms with Crippen molar-refractivity contribution in [1.82, 2.24) is 5.32 Å². The molecule has 0 bridgehead atoms. The molecule has 0 saturated heterocycles. The quantitative estimate of drug-likeness (QED) is 0.700. The number of carbonyl (C=O) groups is 2. The predicted octanol–water partition coefficient (Wildman–Crippen LogP) is 0.165. The summed E-state index contributed by atoms with van der Waals surface area (Å²) in [6.07, 6.45) is 0. The van der Waals surface area contributed by atoms with Gasteiger partial charge in [0, 0.05) is 6.54 Å². The molecule has 0 aliphatic carbocycles. The van der Waals surface area contributed by atoms with E-state index in [1.807, 2.05) is 0 Å². The van der Waals surface area contributed by atoms with Gasteiger partial charge in [-0.3, -0.25) is 9.59 Å². The minimum Gasteiger partial charge on any atom is -0.440 e. The Bertz CT molecular complexity index is 377. The van der Waals surface area contributed by atoms with Gasteiger partial charge in [-0.15, -0.1) is 0 Å². The highest BCUT2D eigenvalue weighted by Gasteiger charge is 2.09. The number of furan rings is 1. The Balaban J connectivity index is 2.18. The van der Waals surface area contributed by atoms with E-state index in [-0.39, 0.29) is 30.7 Å². The molecular weight excluding hydrogens is 236 g/mol. The van der Waals surface area contributed by atoms with Crippen molar-refractivity contribution < 1.29 is 18.7 Å². The molecule has 0 spiro atoms. The van der Waals surface area contributed by atoms with Gasteiger partial charge in [-0.05, 0) is 23.7 Å². The molecule has 3 N–H and O–H groups in total. The molecule has 0 atom stereocenters. The number of ether oxygens (including phenoxy) is 1. The van der Waals surface area contributed by atoms with Crippen molar-refractivity contribution in [2.75, 3.05) is 19.8 Å². The predicted molar refractivity (Wildman–Crippen MR) is 56.1 cm³/mol. The van der Waals surface area contributed by atoms with Gasteiger partial charge in [0.2, 0.25) is 5.91 Å². The third-order valence-corrected chi connectivity index (χ3v) is 1.78. The lowest BCUT2D eigenvalue weighted by atomic mass is 10.4. The summed E-state index contributed by atoms with van der Waals surface area (Å²) in [4.78, 5) is 21.6. The second kappa shape index (κ2) is 6.14. The number of hydrogen-bond acceptors (Lipinski definition) is 4. The zero-order valence-electron chi connectivity index (χ0n) is 8.36.